The summed E-state index contributed by atoms with van der Waals surface area (Å²) in [5, 5.41) is 13.2. The maximum absolute atomic E-state index is 9.58. The Bertz CT molecular complexity index is 462. The fourth-order valence-corrected chi connectivity index (χ4v) is 3.49. The van der Waals surface area contributed by atoms with Crippen LogP contribution in [0.2, 0.25) is 0 Å². The molecule has 2 aliphatic rings. The van der Waals surface area contributed by atoms with Crippen molar-refractivity contribution in [2.24, 2.45) is 5.92 Å². The lowest BCUT2D eigenvalue weighted by Gasteiger charge is -2.27. The van der Waals surface area contributed by atoms with Crippen molar-refractivity contribution >= 4 is 5.95 Å². The van der Waals surface area contributed by atoms with Crippen LogP contribution in [-0.4, -0.2) is 54.0 Å². The van der Waals surface area contributed by atoms with Gasteiger partial charge >= 0.3 is 0 Å². The number of anilines is 1. The Balaban J connectivity index is 1.53. The molecule has 23 heavy (non-hydrogen) atoms. The van der Waals surface area contributed by atoms with Gasteiger partial charge in [0.05, 0.1) is 13.2 Å². The van der Waals surface area contributed by atoms with Crippen molar-refractivity contribution in [3.63, 3.8) is 0 Å². The summed E-state index contributed by atoms with van der Waals surface area (Å²) in [6.07, 6.45) is 9.87. The Morgan fingerprint density at radius 2 is 1.87 bits per heavy atom. The zero-order valence-corrected chi connectivity index (χ0v) is 13.8. The number of nitrogens with zero attached hydrogens (tertiary/aromatic N) is 3. The van der Waals surface area contributed by atoms with Crippen molar-refractivity contribution in [3.05, 3.63) is 18.0 Å². The smallest absolute Gasteiger partial charge is 0.225 e. The highest BCUT2D eigenvalue weighted by Crippen LogP contribution is 2.23. The summed E-state index contributed by atoms with van der Waals surface area (Å²) in [4.78, 5) is 11.1. The molecule has 1 aliphatic heterocycles. The van der Waals surface area contributed by atoms with E-state index < -0.39 is 0 Å². The minimum Gasteiger partial charge on any atom is -0.396 e. The Morgan fingerprint density at radius 1 is 1.13 bits per heavy atom. The second-order valence-corrected chi connectivity index (χ2v) is 6.56. The summed E-state index contributed by atoms with van der Waals surface area (Å²) in [7, 11) is 0. The van der Waals surface area contributed by atoms with E-state index in [1.54, 1.807) is 0 Å². The number of nitrogens with one attached hydrogen (secondary N) is 1. The third-order valence-corrected chi connectivity index (χ3v) is 4.95. The van der Waals surface area contributed by atoms with Crippen LogP contribution in [0.1, 0.15) is 37.7 Å². The molecule has 0 aromatic carbocycles. The quantitative estimate of drug-likeness (QED) is 0.798. The molecule has 1 saturated heterocycles. The van der Waals surface area contributed by atoms with Crippen LogP contribution >= 0.6 is 0 Å². The molecular weight excluding hydrogens is 292 g/mol. The first-order valence-corrected chi connectivity index (χ1v) is 8.84. The zero-order chi connectivity index (χ0) is 15.9. The minimum atomic E-state index is 0.282. The predicted molar refractivity (Wildman–Crippen MR) is 89.4 cm³/mol. The maximum atomic E-state index is 9.58. The van der Waals surface area contributed by atoms with Gasteiger partial charge < -0.3 is 20.1 Å². The molecule has 3 rings (SSSR count). The van der Waals surface area contributed by atoms with Crippen LogP contribution in [0.25, 0.3) is 0 Å². The number of aromatic nitrogens is 2. The lowest BCUT2D eigenvalue weighted by Crippen LogP contribution is -2.38. The van der Waals surface area contributed by atoms with Gasteiger partial charge in [0, 0.05) is 50.2 Å². The van der Waals surface area contributed by atoms with Crippen LogP contribution < -0.4 is 10.2 Å². The summed E-state index contributed by atoms with van der Waals surface area (Å²) in [6.45, 7) is 4.26. The van der Waals surface area contributed by atoms with Crippen LogP contribution in [0.4, 0.5) is 5.95 Å². The van der Waals surface area contributed by atoms with Gasteiger partial charge in [0.15, 0.2) is 0 Å². The van der Waals surface area contributed by atoms with Gasteiger partial charge in [-0.1, -0.05) is 19.3 Å². The number of hydrogen-bond acceptors (Lipinski definition) is 6. The molecule has 1 aromatic rings. The molecule has 2 heterocycles. The standard InChI is InChI=1S/C17H28N4O2/c22-13-15-4-2-1-3-5-16(15)18-10-14-11-19-17(20-12-14)21-6-8-23-9-7-21/h11-12,15-16,18,22H,1-10,13H2. The Kier molecular flexibility index (Phi) is 6.19. The molecule has 0 amide bonds. The average Bonchev–Trinajstić information content (AvgIpc) is 2.86. The van der Waals surface area contributed by atoms with Crippen LogP contribution in [0.5, 0.6) is 0 Å². The molecule has 1 aliphatic carbocycles. The first-order chi connectivity index (χ1) is 11.4. The van der Waals surface area contributed by atoms with E-state index in [-0.39, 0.29) is 6.61 Å². The van der Waals surface area contributed by atoms with E-state index >= 15 is 0 Å². The Labute approximate surface area is 138 Å². The van der Waals surface area contributed by atoms with Crippen molar-refractivity contribution in [1.29, 1.82) is 0 Å². The van der Waals surface area contributed by atoms with Crippen LogP contribution in [0, 0.1) is 5.92 Å². The Hall–Kier alpha value is -1.24. The van der Waals surface area contributed by atoms with Crippen LogP contribution in [-0.2, 0) is 11.3 Å². The van der Waals surface area contributed by atoms with E-state index in [1.807, 2.05) is 12.4 Å². The maximum Gasteiger partial charge on any atom is 0.225 e. The van der Waals surface area contributed by atoms with E-state index in [1.165, 1.54) is 19.3 Å². The summed E-state index contributed by atoms with van der Waals surface area (Å²) in [5.74, 6) is 1.17. The molecule has 0 spiro atoms. The fraction of sp³-hybridized carbons (Fsp3) is 0.765. The number of aliphatic hydroxyl groups excluding tert-OH is 1. The molecule has 6 heteroatoms. The number of rotatable bonds is 5. The number of hydrogen-bond donors (Lipinski definition) is 2. The highest BCUT2D eigenvalue weighted by Gasteiger charge is 2.22. The molecule has 6 nitrogen and oxygen atoms in total. The molecule has 2 unspecified atom stereocenters. The summed E-state index contributed by atoms with van der Waals surface area (Å²) in [5.41, 5.74) is 1.10. The minimum absolute atomic E-state index is 0.282. The normalized spacial score (nSPS) is 26.0. The van der Waals surface area contributed by atoms with E-state index in [2.05, 4.69) is 20.2 Å². The lowest BCUT2D eigenvalue weighted by atomic mass is 9.95. The number of morpholine rings is 1. The van der Waals surface area contributed by atoms with Crippen LogP contribution in [0.15, 0.2) is 12.4 Å². The summed E-state index contributed by atoms with van der Waals surface area (Å²) < 4.78 is 5.35. The van der Waals surface area contributed by atoms with Gasteiger partial charge in [0.1, 0.15) is 0 Å². The molecule has 2 N–H and O–H groups in total. The molecule has 128 valence electrons. The van der Waals surface area contributed by atoms with E-state index in [4.69, 9.17) is 4.74 Å². The number of ether oxygens (including phenoxy) is 1. The van der Waals surface area contributed by atoms with Gasteiger partial charge in [-0.25, -0.2) is 9.97 Å². The highest BCUT2D eigenvalue weighted by atomic mass is 16.5. The van der Waals surface area contributed by atoms with Crippen molar-refractivity contribution < 1.29 is 9.84 Å². The molecule has 0 bridgehead atoms. The van der Waals surface area contributed by atoms with Crippen molar-refractivity contribution in [3.8, 4) is 0 Å². The van der Waals surface area contributed by atoms with Gasteiger partial charge in [-0.2, -0.15) is 0 Å². The molecule has 1 saturated carbocycles. The number of aliphatic hydroxyl groups is 1. The summed E-state index contributed by atoms with van der Waals surface area (Å²) >= 11 is 0. The first kappa shape index (κ1) is 16.6. The second-order valence-electron chi connectivity index (χ2n) is 6.56. The van der Waals surface area contributed by atoms with E-state index in [0.29, 0.717) is 12.0 Å². The Morgan fingerprint density at radius 3 is 2.61 bits per heavy atom. The van der Waals surface area contributed by atoms with Gasteiger partial charge in [-0.3, -0.25) is 0 Å². The monoisotopic (exact) mass is 320 g/mol. The topological polar surface area (TPSA) is 70.5 Å². The zero-order valence-electron chi connectivity index (χ0n) is 13.8. The van der Waals surface area contributed by atoms with E-state index in [0.717, 1.165) is 57.2 Å². The van der Waals surface area contributed by atoms with Crippen molar-refractivity contribution in [2.75, 3.05) is 37.8 Å². The van der Waals surface area contributed by atoms with E-state index in [9.17, 15) is 5.11 Å². The lowest BCUT2D eigenvalue weighted by molar-refractivity contribution is 0.122. The molecule has 2 fully saturated rings. The van der Waals surface area contributed by atoms with Crippen molar-refractivity contribution in [2.45, 2.75) is 44.7 Å². The van der Waals surface area contributed by atoms with Gasteiger partial charge in [-0.15, -0.1) is 0 Å². The molecule has 2 atom stereocenters. The first-order valence-electron chi connectivity index (χ1n) is 8.84. The highest BCUT2D eigenvalue weighted by molar-refractivity contribution is 5.30. The van der Waals surface area contributed by atoms with Gasteiger partial charge in [0.2, 0.25) is 5.95 Å². The third-order valence-electron chi connectivity index (χ3n) is 4.95. The third kappa shape index (κ3) is 4.62. The molecule has 1 aromatic heterocycles. The fourth-order valence-electron chi connectivity index (χ4n) is 3.49. The molecular formula is C17H28N4O2. The average molecular weight is 320 g/mol. The summed E-state index contributed by atoms with van der Waals surface area (Å²) in [6, 6.07) is 0.404. The SMILES string of the molecule is OCC1CCCCCC1NCc1cnc(N2CCOCC2)nc1. The predicted octanol–water partition coefficient (Wildman–Crippen LogP) is 1.34. The molecule has 0 radical (unpaired) electrons. The largest absolute Gasteiger partial charge is 0.396 e. The van der Waals surface area contributed by atoms with Crippen LogP contribution in [0.3, 0.4) is 0 Å². The van der Waals surface area contributed by atoms with Gasteiger partial charge in [0.25, 0.3) is 0 Å². The second kappa shape index (κ2) is 8.57. The van der Waals surface area contributed by atoms with Crippen molar-refractivity contribution in [1.82, 2.24) is 15.3 Å². The van der Waals surface area contributed by atoms with Gasteiger partial charge in [-0.05, 0) is 18.8 Å².